The van der Waals surface area contributed by atoms with Crippen LogP contribution in [0.15, 0.2) is 59.5 Å². The molecule has 0 radical (unpaired) electrons. The van der Waals surface area contributed by atoms with Crippen LogP contribution in [-0.2, 0) is 29.1 Å². The largest absolute Gasteiger partial charge is 0.462 e. The van der Waals surface area contributed by atoms with Gasteiger partial charge in [-0.15, -0.1) is 11.3 Å². The normalized spacial score (nSPS) is 11.6. The van der Waals surface area contributed by atoms with Crippen molar-refractivity contribution in [1.82, 2.24) is 4.31 Å². The first-order valence-corrected chi connectivity index (χ1v) is 15.4. The topological polar surface area (TPSA) is 119 Å². The molecule has 0 fully saturated rings. The number of carbonyl (C=O) groups is 3. The van der Waals surface area contributed by atoms with E-state index in [4.69, 9.17) is 9.47 Å². The number of rotatable bonds is 12. The van der Waals surface area contributed by atoms with Crippen LogP contribution >= 0.6 is 11.3 Å². The molecule has 0 saturated carbocycles. The van der Waals surface area contributed by atoms with Crippen molar-refractivity contribution in [3.63, 3.8) is 0 Å². The molecule has 0 atom stereocenters. The molecule has 1 heterocycles. The monoisotopic (exact) mass is 598 g/mol. The van der Waals surface area contributed by atoms with Crippen LogP contribution in [0, 0.1) is 13.8 Å². The molecule has 3 rings (SSSR count). The Labute approximate surface area is 244 Å². The van der Waals surface area contributed by atoms with Crippen LogP contribution in [0.4, 0.5) is 5.00 Å². The number of nitrogens with zero attached hydrogens (tertiary/aromatic N) is 1. The van der Waals surface area contributed by atoms with E-state index in [0.29, 0.717) is 29.2 Å². The first kappa shape index (κ1) is 31.7. The zero-order chi connectivity index (χ0) is 30.2. The quantitative estimate of drug-likeness (QED) is 0.218. The third kappa shape index (κ3) is 7.90. The molecule has 9 nitrogen and oxygen atoms in total. The minimum atomic E-state index is -3.58. The molecule has 0 aliphatic rings. The highest BCUT2D eigenvalue weighted by molar-refractivity contribution is 7.89. The molecular formula is C30H34N2O7S2. The second-order valence-electron chi connectivity index (χ2n) is 8.97. The Bertz CT molecular complexity index is 1520. The van der Waals surface area contributed by atoms with Gasteiger partial charge in [-0.1, -0.05) is 55.8 Å². The van der Waals surface area contributed by atoms with Gasteiger partial charge in [0.1, 0.15) is 10.6 Å². The number of benzene rings is 2. The number of hydrogen-bond acceptors (Lipinski definition) is 8. The number of esters is 2. The molecule has 0 unspecified atom stereocenters. The van der Waals surface area contributed by atoms with E-state index in [9.17, 15) is 22.8 Å². The molecule has 0 aliphatic carbocycles. The van der Waals surface area contributed by atoms with E-state index in [1.165, 1.54) is 33.9 Å². The van der Waals surface area contributed by atoms with E-state index in [0.717, 1.165) is 22.1 Å². The molecule has 1 amide bonds. The second-order valence-corrected chi connectivity index (χ2v) is 12.1. The lowest BCUT2D eigenvalue weighted by Crippen LogP contribution is -2.30. The molecule has 1 aromatic heterocycles. The maximum Gasteiger partial charge on any atom is 0.341 e. The standard InChI is InChI=1S/C30H34N2O7S2/c1-6-32(7-2)41(36,37)24-16-11-22(12-17-24)13-18-26(34)39-19-25(33)31-29-28(30(35)38-8-3)27(21(5)40-29)23-14-9-20(4)10-15-23/h9-18H,6-8,19H2,1-5H3,(H,31,33). The third-order valence-electron chi connectivity index (χ3n) is 6.14. The Hall–Kier alpha value is -3.80. The second kappa shape index (κ2) is 14.2. The molecule has 11 heteroatoms. The van der Waals surface area contributed by atoms with Gasteiger partial charge in [-0.2, -0.15) is 4.31 Å². The Kier molecular flexibility index (Phi) is 11.0. The van der Waals surface area contributed by atoms with Crippen molar-refractivity contribution in [2.24, 2.45) is 0 Å². The average Bonchev–Trinajstić information content (AvgIpc) is 3.27. The summed E-state index contributed by atoms with van der Waals surface area (Å²) in [6.07, 6.45) is 2.61. The zero-order valence-corrected chi connectivity index (χ0v) is 25.4. The maximum absolute atomic E-state index is 12.9. The minimum Gasteiger partial charge on any atom is -0.462 e. The average molecular weight is 599 g/mol. The van der Waals surface area contributed by atoms with Crippen LogP contribution in [0.1, 0.15) is 47.1 Å². The van der Waals surface area contributed by atoms with E-state index < -0.39 is 34.5 Å². The highest BCUT2D eigenvalue weighted by Gasteiger charge is 2.26. The van der Waals surface area contributed by atoms with Crippen molar-refractivity contribution < 1.29 is 32.3 Å². The van der Waals surface area contributed by atoms with E-state index >= 15 is 0 Å². The van der Waals surface area contributed by atoms with Crippen molar-refractivity contribution in [3.8, 4) is 11.1 Å². The number of carbonyl (C=O) groups excluding carboxylic acids is 3. The van der Waals surface area contributed by atoms with Gasteiger partial charge in [0.15, 0.2) is 6.61 Å². The molecule has 2 aromatic carbocycles. The fourth-order valence-corrected chi connectivity index (χ4v) is 6.61. The van der Waals surface area contributed by atoms with Crippen LogP contribution in [0.3, 0.4) is 0 Å². The molecule has 218 valence electrons. The first-order valence-electron chi connectivity index (χ1n) is 13.1. The predicted octanol–water partition coefficient (Wildman–Crippen LogP) is 5.43. The lowest BCUT2D eigenvalue weighted by atomic mass is 10.0. The fraction of sp³-hybridized carbons (Fsp3) is 0.300. The summed E-state index contributed by atoms with van der Waals surface area (Å²) in [5, 5.41) is 2.99. The summed E-state index contributed by atoms with van der Waals surface area (Å²) in [6.45, 7) is 9.41. The molecule has 0 bridgehead atoms. The van der Waals surface area contributed by atoms with Gasteiger partial charge >= 0.3 is 11.9 Å². The van der Waals surface area contributed by atoms with E-state index in [1.54, 1.807) is 32.9 Å². The smallest absolute Gasteiger partial charge is 0.341 e. The number of amides is 1. The highest BCUT2D eigenvalue weighted by Crippen LogP contribution is 2.40. The van der Waals surface area contributed by atoms with Crippen LogP contribution in [-0.4, -0.2) is 56.9 Å². The summed E-state index contributed by atoms with van der Waals surface area (Å²) in [6, 6.07) is 13.8. The molecule has 0 aliphatic heterocycles. The zero-order valence-electron chi connectivity index (χ0n) is 23.7. The number of anilines is 1. The summed E-state index contributed by atoms with van der Waals surface area (Å²) >= 11 is 1.24. The summed E-state index contributed by atoms with van der Waals surface area (Å²) < 4.78 is 36.9. The van der Waals surface area contributed by atoms with Gasteiger partial charge in [0.05, 0.1) is 11.5 Å². The van der Waals surface area contributed by atoms with E-state index in [1.807, 2.05) is 38.1 Å². The number of thiophene rings is 1. The maximum atomic E-state index is 12.9. The number of ether oxygens (including phenoxy) is 2. The first-order chi connectivity index (χ1) is 19.5. The van der Waals surface area contributed by atoms with Gasteiger partial charge in [-0.05, 0) is 50.1 Å². The van der Waals surface area contributed by atoms with Crippen molar-refractivity contribution in [2.45, 2.75) is 39.5 Å². The van der Waals surface area contributed by atoms with Gasteiger partial charge in [-0.25, -0.2) is 18.0 Å². The van der Waals surface area contributed by atoms with Crippen molar-refractivity contribution in [2.75, 3.05) is 31.6 Å². The third-order valence-corrected chi connectivity index (χ3v) is 9.22. The Morgan fingerprint density at radius 1 is 0.927 bits per heavy atom. The Morgan fingerprint density at radius 3 is 2.15 bits per heavy atom. The summed E-state index contributed by atoms with van der Waals surface area (Å²) in [4.78, 5) is 38.7. The number of nitrogens with one attached hydrogen (secondary N) is 1. The SMILES string of the molecule is CCOC(=O)c1c(NC(=O)COC(=O)C=Cc2ccc(S(=O)(=O)N(CC)CC)cc2)sc(C)c1-c1ccc(C)cc1. The molecular weight excluding hydrogens is 564 g/mol. The summed E-state index contributed by atoms with van der Waals surface area (Å²) in [5.41, 5.74) is 3.41. The highest BCUT2D eigenvalue weighted by atomic mass is 32.2. The minimum absolute atomic E-state index is 0.161. The van der Waals surface area contributed by atoms with Crippen molar-refractivity contribution >= 4 is 50.3 Å². The lowest BCUT2D eigenvalue weighted by Gasteiger charge is -2.18. The van der Waals surface area contributed by atoms with Crippen LogP contribution in [0.25, 0.3) is 17.2 Å². The van der Waals surface area contributed by atoms with Crippen LogP contribution in [0.2, 0.25) is 0 Å². The van der Waals surface area contributed by atoms with Crippen molar-refractivity contribution in [3.05, 3.63) is 76.2 Å². The Balaban J connectivity index is 1.66. The Morgan fingerprint density at radius 2 is 1.56 bits per heavy atom. The van der Waals surface area contributed by atoms with Gasteiger partial charge < -0.3 is 14.8 Å². The molecule has 1 N–H and O–H groups in total. The van der Waals surface area contributed by atoms with Gasteiger partial charge in [0.25, 0.3) is 5.91 Å². The van der Waals surface area contributed by atoms with Gasteiger partial charge in [0, 0.05) is 29.6 Å². The molecule has 3 aromatic rings. The van der Waals surface area contributed by atoms with Crippen LogP contribution < -0.4 is 5.32 Å². The molecule has 0 spiro atoms. The van der Waals surface area contributed by atoms with E-state index in [-0.39, 0.29) is 17.1 Å². The number of sulfonamides is 1. The fourth-order valence-electron chi connectivity index (χ4n) is 4.07. The molecule has 41 heavy (non-hydrogen) atoms. The van der Waals surface area contributed by atoms with E-state index in [2.05, 4.69) is 5.32 Å². The molecule has 0 saturated heterocycles. The predicted molar refractivity (Wildman–Crippen MR) is 160 cm³/mol. The van der Waals surface area contributed by atoms with Crippen molar-refractivity contribution in [1.29, 1.82) is 0 Å². The summed E-state index contributed by atoms with van der Waals surface area (Å²) in [7, 11) is -3.58. The van der Waals surface area contributed by atoms with Gasteiger partial charge in [-0.3, -0.25) is 4.79 Å². The summed E-state index contributed by atoms with van der Waals surface area (Å²) in [5.74, 6) is -1.92. The number of aryl methyl sites for hydroxylation is 2. The van der Waals surface area contributed by atoms with Gasteiger partial charge in [0.2, 0.25) is 10.0 Å². The lowest BCUT2D eigenvalue weighted by molar-refractivity contribution is -0.142. The number of hydrogen-bond donors (Lipinski definition) is 1. The van der Waals surface area contributed by atoms with Crippen LogP contribution in [0.5, 0.6) is 0 Å².